The Morgan fingerprint density at radius 3 is 2.70 bits per heavy atom. The smallest absolute Gasteiger partial charge is 0.257 e. The third kappa shape index (κ3) is 4.39. The molecule has 0 atom stereocenters. The predicted molar refractivity (Wildman–Crippen MR) is 100 cm³/mol. The number of benzene rings is 1. The number of para-hydroxylation sites is 1. The Labute approximate surface area is 155 Å². The second-order valence-electron chi connectivity index (χ2n) is 6.25. The van der Waals surface area contributed by atoms with Gasteiger partial charge in [-0.2, -0.15) is 10.2 Å². The lowest BCUT2D eigenvalue weighted by Gasteiger charge is -2.10. The molecular formula is C19H19N5O3. The van der Waals surface area contributed by atoms with Crippen molar-refractivity contribution < 1.29 is 9.59 Å². The lowest BCUT2D eigenvalue weighted by atomic mass is 10.0. The summed E-state index contributed by atoms with van der Waals surface area (Å²) in [6.07, 6.45) is 8.40. The Morgan fingerprint density at radius 1 is 1.19 bits per heavy atom. The van der Waals surface area contributed by atoms with Gasteiger partial charge in [-0.1, -0.05) is 12.1 Å². The van der Waals surface area contributed by atoms with E-state index in [2.05, 4.69) is 31.8 Å². The van der Waals surface area contributed by atoms with Crippen LogP contribution in [-0.4, -0.2) is 35.6 Å². The zero-order valence-corrected chi connectivity index (χ0v) is 14.6. The molecule has 0 saturated carbocycles. The van der Waals surface area contributed by atoms with Gasteiger partial charge >= 0.3 is 0 Å². The van der Waals surface area contributed by atoms with Crippen LogP contribution in [0.25, 0.3) is 10.9 Å². The predicted octanol–water partition coefficient (Wildman–Crippen LogP) is 1.34. The number of nitrogens with zero attached hydrogens (tertiary/aromatic N) is 2. The van der Waals surface area contributed by atoms with Crippen LogP contribution in [0.5, 0.6) is 0 Å². The molecule has 1 aromatic heterocycles. The van der Waals surface area contributed by atoms with Crippen LogP contribution in [0, 0.1) is 12.3 Å². The molecule has 0 bridgehead atoms. The summed E-state index contributed by atoms with van der Waals surface area (Å²) in [6.45, 7) is 0.152. The summed E-state index contributed by atoms with van der Waals surface area (Å²) in [5.41, 5.74) is -0.229. The molecule has 0 aliphatic carbocycles. The lowest BCUT2D eigenvalue weighted by molar-refractivity contribution is -0.120. The number of terminal acetylenes is 1. The number of H-pyrrole nitrogens is 1. The highest BCUT2D eigenvalue weighted by Gasteiger charge is 2.38. The van der Waals surface area contributed by atoms with E-state index in [4.69, 9.17) is 6.42 Å². The zero-order chi connectivity index (χ0) is 19.3. The SMILES string of the molecule is C#CCCC1(CCNC(=O)CNC(=O)c2c[nH]c3ccccc3c2=O)N=N1. The van der Waals surface area contributed by atoms with Gasteiger partial charge in [-0.25, -0.2) is 0 Å². The molecule has 2 heterocycles. The number of fused-ring (bicyclic) bond motifs is 1. The van der Waals surface area contributed by atoms with Crippen LogP contribution in [0.4, 0.5) is 0 Å². The molecule has 138 valence electrons. The second-order valence-corrected chi connectivity index (χ2v) is 6.25. The summed E-state index contributed by atoms with van der Waals surface area (Å²) in [5, 5.41) is 13.5. The molecule has 1 aliphatic heterocycles. The fourth-order valence-corrected chi connectivity index (χ4v) is 2.72. The quantitative estimate of drug-likeness (QED) is 0.613. The van der Waals surface area contributed by atoms with Gasteiger partial charge in [0.2, 0.25) is 11.3 Å². The molecule has 3 rings (SSSR count). The molecule has 0 unspecified atom stereocenters. The van der Waals surface area contributed by atoms with Gasteiger partial charge in [-0.05, 0) is 12.1 Å². The zero-order valence-electron chi connectivity index (χ0n) is 14.6. The number of amides is 2. The van der Waals surface area contributed by atoms with Crippen molar-refractivity contribution in [1.82, 2.24) is 15.6 Å². The molecule has 2 amide bonds. The number of aromatic nitrogens is 1. The Morgan fingerprint density at radius 2 is 1.96 bits per heavy atom. The molecule has 0 radical (unpaired) electrons. The third-order valence-electron chi connectivity index (χ3n) is 4.34. The fourth-order valence-electron chi connectivity index (χ4n) is 2.72. The Bertz CT molecular complexity index is 996. The van der Waals surface area contributed by atoms with E-state index < -0.39 is 11.6 Å². The molecule has 1 aliphatic rings. The molecule has 8 heteroatoms. The van der Waals surface area contributed by atoms with E-state index in [1.165, 1.54) is 6.20 Å². The standard InChI is InChI=1S/C19H19N5O3/c1-2-3-8-19(23-24-19)9-10-20-16(25)12-22-18(27)14-11-21-15-7-5-4-6-13(15)17(14)26/h1,4-7,11H,3,8-10,12H2,(H,20,25)(H,21,26)(H,22,27). The first-order chi connectivity index (χ1) is 13.0. The van der Waals surface area contributed by atoms with Crippen LogP contribution in [0.1, 0.15) is 29.6 Å². The molecule has 0 saturated heterocycles. The van der Waals surface area contributed by atoms with Gasteiger partial charge in [0.25, 0.3) is 5.91 Å². The van der Waals surface area contributed by atoms with E-state index >= 15 is 0 Å². The molecule has 2 aromatic rings. The molecule has 27 heavy (non-hydrogen) atoms. The highest BCUT2D eigenvalue weighted by molar-refractivity contribution is 5.98. The van der Waals surface area contributed by atoms with Crippen LogP contribution >= 0.6 is 0 Å². The topological polar surface area (TPSA) is 116 Å². The van der Waals surface area contributed by atoms with Crippen molar-refractivity contribution in [2.24, 2.45) is 10.2 Å². The minimum absolute atomic E-state index is 0.0367. The van der Waals surface area contributed by atoms with Crippen LogP contribution < -0.4 is 16.1 Å². The van der Waals surface area contributed by atoms with E-state index in [1.54, 1.807) is 24.3 Å². The van der Waals surface area contributed by atoms with Crippen LogP contribution in [0.15, 0.2) is 45.5 Å². The van der Waals surface area contributed by atoms with Crippen molar-refractivity contribution in [2.45, 2.75) is 24.9 Å². The van der Waals surface area contributed by atoms with Crippen molar-refractivity contribution in [3.63, 3.8) is 0 Å². The van der Waals surface area contributed by atoms with E-state index in [0.29, 0.717) is 36.7 Å². The monoisotopic (exact) mass is 365 g/mol. The highest BCUT2D eigenvalue weighted by atomic mass is 16.2. The van der Waals surface area contributed by atoms with Gasteiger partial charge in [0.1, 0.15) is 5.56 Å². The average molecular weight is 365 g/mol. The molecule has 0 fully saturated rings. The average Bonchev–Trinajstić information content (AvgIpc) is 3.45. The summed E-state index contributed by atoms with van der Waals surface area (Å²) in [6, 6.07) is 6.91. The number of nitrogens with one attached hydrogen (secondary N) is 3. The third-order valence-corrected chi connectivity index (χ3v) is 4.34. The molecule has 0 spiro atoms. The summed E-state index contributed by atoms with van der Waals surface area (Å²) in [4.78, 5) is 39.4. The van der Waals surface area contributed by atoms with Crippen molar-refractivity contribution in [2.75, 3.05) is 13.1 Å². The van der Waals surface area contributed by atoms with Crippen LogP contribution in [0.2, 0.25) is 0 Å². The molecule has 8 nitrogen and oxygen atoms in total. The summed E-state index contributed by atoms with van der Waals surface area (Å²) >= 11 is 0. The number of carbonyl (C=O) groups is 2. The van der Waals surface area contributed by atoms with Crippen LogP contribution in [-0.2, 0) is 4.79 Å². The summed E-state index contributed by atoms with van der Waals surface area (Å²) in [7, 11) is 0. The molecule has 3 N–H and O–H groups in total. The second kappa shape index (κ2) is 7.83. The number of aromatic amines is 1. The summed E-state index contributed by atoms with van der Waals surface area (Å²) in [5.74, 6) is 1.59. The normalized spacial score (nSPS) is 13.7. The van der Waals surface area contributed by atoms with E-state index in [0.717, 1.165) is 0 Å². The first kappa shape index (κ1) is 18.3. The van der Waals surface area contributed by atoms with Gasteiger partial charge in [0.15, 0.2) is 5.66 Å². The fraction of sp³-hybridized carbons (Fsp3) is 0.316. The van der Waals surface area contributed by atoms with Crippen molar-refractivity contribution >= 4 is 22.7 Å². The number of hydrogen-bond acceptors (Lipinski definition) is 5. The number of pyridine rings is 1. The Balaban J connectivity index is 1.48. The van der Waals surface area contributed by atoms with Crippen molar-refractivity contribution in [3.8, 4) is 12.3 Å². The van der Waals surface area contributed by atoms with Gasteiger partial charge < -0.3 is 15.6 Å². The van der Waals surface area contributed by atoms with E-state index in [9.17, 15) is 14.4 Å². The molecule has 1 aromatic carbocycles. The Hall–Kier alpha value is -3.47. The number of carbonyl (C=O) groups excluding carboxylic acids is 2. The maximum atomic E-state index is 12.4. The van der Waals surface area contributed by atoms with E-state index in [-0.39, 0.29) is 23.4 Å². The highest BCUT2D eigenvalue weighted by Crippen LogP contribution is 2.35. The number of rotatable bonds is 8. The minimum atomic E-state index is -0.602. The van der Waals surface area contributed by atoms with Gasteiger partial charge in [-0.3, -0.25) is 14.4 Å². The molecular weight excluding hydrogens is 346 g/mol. The first-order valence-corrected chi connectivity index (χ1v) is 8.57. The van der Waals surface area contributed by atoms with Gasteiger partial charge in [0, 0.05) is 42.9 Å². The van der Waals surface area contributed by atoms with Gasteiger partial charge in [0.05, 0.1) is 6.54 Å². The largest absolute Gasteiger partial charge is 0.360 e. The lowest BCUT2D eigenvalue weighted by Crippen LogP contribution is -2.39. The maximum absolute atomic E-state index is 12.4. The minimum Gasteiger partial charge on any atom is -0.360 e. The Kier molecular flexibility index (Phi) is 5.31. The number of hydrogen-bond donors (Lipinski definition) is 3. The van der Waals surface area contributed by atoms with Crippen LogP contribution in [0.3, 0.4) is 0 Å². The van der Waals surface area contributed by atoms with Crippen molar-refractivity contribution in [1.29, 1.82) is 0 Å². The van der Waals surface area contributed by atoms with E-state index in [1.807, 2.05) is 0 Å². The first-order valence-electron chi connectivity index (χ1n) is 8.57. The van der Waals surface area contributed by atoms with Gasteiger partial charge in [-0.15, -0.1) is 12.3 Å². The maximum Gasteiger partial charge on any atom is 0.257 e. The summed E-state index contributed by atoms with van der Waals surface area (Å²) < 4.78 is 0. The van der Waals surface area contributed by atoms with Crippen molar-refractivity contribution in [3.05, 3.63) is 46.2 Å².